The molecule has 0 unspecified atom stereocenters. The maximum absolute atomic E-state index is 5.65. The second-order valence-electron chi connectivity index (χ2n) is 3.17. The van der Waals surface area contributed by atoms with Crippen molar-refractivity contribution in [3.05, 3.63) is 28.5 Å². The van der Waals surface area contributed by atoms with Crippen LogP contribution in [0.15, 0.2) is 22.7 Å². The van der Waals surface area contributed by atoms with Gasteiger partial charge in [0.15, 0.2) is 6.61 Å². The molecule has 2 aromatic rings. The zero-order chi connectivity index (χ0) is 11.5. The Labute approximate surface area is 101 Å². The van der Waals surface area contributed by atoms with Crippen LogP contribution in [-0.2, 0) is 13.7 Å². The third-order valence-corrected chi connectivity index (χ3v) is 2.52. The van der Waals surface area contributed by atoms with Crippen molar-refractivity contribution in [3.8, 4) is 5.75 Å². The summed E-state index contributed by atoms with van der Waals surface area (Å²) in [7, 11) is 1.70. The van der Waals surface area contributed by atoms with Gasteiger partial charge >= 0.3 is 0 Å². The number of nitrogens with two attached hydrogens (primary N) is 1. The van der Waals surface area contributed by atoms with Crippen molar-refractivity contribution in [2.45, 2.75) is 6.61 Å². The Hall–Kier alpha value is -1.63. The molecular formula is C9H10BrN5O. The van der Waals surface area contributed by atoms with E-state index in [2.05, 4.69) is 31.3 Å². The number of benzene rings is 1. The summed E-state index contributed by atoms with van der Waals surface area (Å²) in [6, 6.07) is 5.35. The van der Waals surface area contributed by atoms with Crippen molar-refractivity contribution in [3.63, 3.8) is 0 Å². The van der Waals surface area contributed by atoms with Crippen LogP contribution in [0.5, 0.6) is 5.75 Å². The van der Waals surface area contributed by atoms with Crippen LogP contribution in [-0.4, -0.2) is 20.2 Å². The van der Waals surface area contributed by atoms with Crippen LogP contribution in [0.1, 0.15) is 5.82 Å². The quantitative estimate of drug-likeness (QED) is 0.855. The van der Waals surface area contributed by atoms with Crippen LogP contribution < -0.4 is 10.5 Å². The molecule has 16 heavy (non-hydrogen) atoms. The minimum Gasteiger partial charge on any atom is -0.484 e. The highest BCUT2D eigenvalue weighted by Crippen LogP contribution is 2.27. The van der Waals surface area contributed by atoms with E-state index in [9.17, 15) is 0 Å². The smallest absolute Gasteiger partial charge is 0.212 e. The van der Waals surface area contributed by atoms with Gasteiger partial charge in [0.1, 0.15) is 5.75 Å². The van der Waals surface area contributed by atoms with Gasteiger partial charge in [0.2, 0.25) is 5.82 Å². The molecular weight excluding hydrogens is 274 g/mol. The lowest BCUT2D eigenvalue weighted by atomic mass is 10.3. The van der Waals surface area contributed by atoms with Gasteiger partial charge in [-0.3, -0.25) is 0 Å². The van der Waals surface area contributed by atoms with Gasteiger partial charge in [-0.1, -0.05) is 0 Å². The number of hydrogen-bond acceptors (Lipinski definition) is 5. The topological polar surface area (TPSA) is 78.8 Å². The summed E-state index contributed by atoms with van der Waals surface area (Å²) in [6.45, 7) is 0.260. The first kappa shape index (κ1) is 10.9. The van der Waals surface area contributed by atoms with Gasteiger partial charge in [0, 0.05) is 11.8 Å². The zero-order valence-electron chi connectivity index (χ0n) is 8.59. The molecule has 0 radical (unpaired) electrons. The number of aryl methyl sites for hydroxylation is 1. The predicted molar refractivity (Wildman–Crippen MR) is 61.7 cm³/mol. The third-order valence-electron chi connectivity index (χ3n) is 1.86. The minimum atomic E-state index is 0.260. The molecule has 1 heterocycles. The molecule has 0 fully saturated rings. The molecule has 0 atom stereocenters. The van der Waals surface area contributed by atoms with Gasteiger partial charge in [-0.15, -0.1) is 10.2 Å². The summed E-state index contributed by atoms with van der Waals surface area (Å²) < 4.78 is 6.35. The zero-order valence-corrected chi connectivity index (χ0v) is 10.2. The summed E-state index contributed by atoms with van der Waals surface area (Å²) in [6.07, 6.45) is 0. The summed E-state index contributed by atoms with van der Waals surface area (Å²) in [4.78, 5) is 1.38. The lowest BCUT2D eigenvalue weighted by Gasteiger charge is -2.06. The first-order chi connectivity index (χ1) is 7.65. The molecule has 6 nitrogen and oxygen atoms in total. The molecule has 1 aromatic carbocycles. The van der Waals surface area contributed by atoms with E-state index in [1.807, 2.05) is 6.07 Å². The number of ether oxygens (including phenoxy) is 1. The Morgan fingerprint density at radius 1 is 1.50 bits per heavy atom. The Morgan fingerprint density at radius 3 is 3.00 bits per heavy atom. The fraction of sp³-hybridized carbons (Fsp3) is 0.222. The van der Waals surface area contributed by atoms with E-state index in [0.29, 0.717) is 17.3 Å². The number of halogens is 1. The molecule has 0 aliphatic rings. The Balaban J connectivity index is 2.07. The van der Waals surface area contributed by atoms with E-state index < -0.39 is 0 Å². The number of nitrogen functional groups attached to an aromatic ring is 1. The van der Waals surface area contributed by atoms with Gasteiger partial charge < -0.3 is 10.5 Å². The standard InChI is InChI=1S/C9H10BrN5O/c1-15-13-9(12-14-15)5-16-8-4-6(11)2-3-7(8)10/h2-4H,5,11H2,1H3. The molecule has 1 aromatic heterocycles. The van der Waals surface area contributed by atoms with Crippen molar-refractivity contribution >= 4 is 21.6 Å². The Bertz CT molecular complexity index is 498. The highest BCUT2D eigenvalue weighted by Gasteiger charge is 2.05. The van der Waals surface area contributed by atoms with Gasteiger partial charge in [-0.2, -0.15) is 4.80 Å². The average Bonchev–Trinajstić information content (AvgIpc) is 2.66. The Morgan fingerprint density at radius 2 is 2.31 bits per heavy atom. The maximum Gasteiger partial charge on any atom is 0.212 e. The lowest BCUT2D eigenvalue weighted by molar-refractivity contribution is 0.293. The summed E-state index contributed by atoms with van der Waals surface area (Å²) in [5, 5.41) is 11.5. The van der Waals surface area contributed by atoms with E-state index in [4.69, 9.17) is 10.5 Å². The van der Waals surface area contributed by atoms with Crippen LogP contribution >= 0.6 is 15.9 Å². The summed E-state index contributed by atoms with van der Waals surface area (Å²) >= 11 is 3.37. The van der Waals surface area contributed by atoms with Crippen molar-refractivity contribution in [1.82, 2.24) is 20.2 Å². The van der Waals surface area contributed by atoms with Crippen LogP contribution in [0.3, 0.4) is 0 Å². The molecule has 0 saturated carbocycles. The van der Waals surface area contributed by atoms with E-state index in [1.54, 1.807) is 19.2 Å². The lowest BCUT2D eigenvalue weighted by Crippen LogP contribution is -2.00. The number of tetrazole rings is 1. The van der Waals surface area contributed by atoms with Gasteiger partial charge in [0.05, 0.1) is 11.5 Å². The first-order valence-electron chi connectivity index (χ1n) is 4.56. The first-order valence-corrected chi connectivity index (χ1v) is 5.35. The van der Waals surface area contributed by atoms with Crippen LogP contribution in [0.4, 0.5) is 5.69 Å². The highest BCUT2D eigenvalue weighted by atomic mass is 79.9. The van der Waals surface area contributed by atoms with E-state index in [0.717, 1.165) is 4.47 Å². The normalized spacial score (nSPS) is 10.4. The fourth-order valence-corrected chi connectivity index (χ4v) is 1.52. The van der Waals surface area contributed by atoms with Crippen LogP contribution in [0, 0.1) is 0 Å². The molecule has 0 amide bonds. The SMILES string of the molecule is Cn1nnc(COc2cc(N)ccc2Br)n1. The maximum atomic E-state index is 5.65. The Kier molecular flexibility index (Phi) is 3.04. The van der Waals surface area contributed by atoms with Crippen LogP contribution in [0.25, 0.3) is 0 Å². The van der Waals surface area contributed by atoms with Crippen molar-refractivity contribution in [2.24, 2.45) is 7.05 Å². The van der Waals surface area contributed by atoms with Crippen LogP contribution in [0.2, 0.25) is 0 Å². The fourth-order valence-electron chi connectivity index (χ4n) is 1.15. The van der Waals surface area contributed by atoms with E-state index in [1.165, 1.54) is 4.80 Å². The monoisotopic (exact) mass is 283 g/mol. The number of nitrogens with zero attached hydrogens (tertiary/aromatic N) is 4. The van der Waals surface area contributed by atoms with Gasteiger partial charge in [0.25, 0.3) is 0 Å². The highest BCUT2D eigenvalue weighted by molar-refractivity contribution is 9.10. The summed E-state index contributed by atoms with van der Waals surface area (Å²) in [5.41, 5.74) is 6.30. The third kappa shape index (κ3) is 2.48. The largest absolute Gasteiger partial charge is 0.484 e. The second kappa shape index (κ2) is 4.48. The van der Waals surface area contributed by atoms with Gasteiger partial charge in [-0.05, 0) is 33.3 Å². The molecule has 2 rings (SSSR count). The van der Waals surface area contributed by atoms with E-state index in [-0.39, 0.29) is 6.61 Å². The molecule has 0 spiro atoms. The van der Waals surface area contributed by atoms with Crippen molar-refractivity contribution in [1.29, 1.82) is 0 Å². The minimum absolute atomic E-state index is 0.260. The van der Waals surface area contributed by atoms with E-state index >= 15 is 0 Å². The number of rotatable bonds is 3. The van der Waals surface area contributed by atoms with Gasteiger partial charge in [-0.25, -0.2) is 0 Å². The number of hydrogen-bond donors (Lipinski definition) is 1. The molecule has 2 N–H and O–H groups in total. The number of aromatic nitrogens is 4. The molecule has 0 aliphatic heterocycles. The predicted octanol–water partition coefficient (Wildman–Crippen LogP) is 1.13. The van der Waals surface area contributed by atoms with Crippen molar-refractivity contribution < 1.29 is 4.74 Å². The molecule has 0 aliphatic carbocycles. The molecule has 84 valence electrons. The second-order valence-corrected chi connectivity index (χ2v) is 4.03. The summed E-state index contributed by atoms with van der Waals surface area (Å²) in [5.74, 6) is 1.18. The molecule has 7 heteroatoms. The molecule has 0 saturated heterocycles. The number of anilines is 1. The van der Waals surface area contributed by atoms with Crippen molar-refractivity contribution in [2.75, 3.05) is 5.73 Å². The average molecular weight is 284 g/mol. The molecule has 0 bridgehead atoms.